The van der Waals surface area contributed by atoms with E-state index in [9.17, 15) is 9.59 Å². The van der Waals surface area contributed by atoms with Crippen LogP contribution >= 0.6 is 0 Å². The molecule has 5 heteroatoms. The fourth-order valence-electron chi connectivity index (χ4n) is 2.97. The van der Waals surface area contributed by atoms with Gasteiger partial charge in [-0.25, -0.2) is 4.79 Å². The van der Waals surface area contributed by atoms with Crippen LogP contribution in [0.4, 0.5) is 4.79 Å². The molecule has 3 N–H and O–H groups in total. The second-order valence-electron chi connectivity index (χ2n) is 6.52. The average Bonchev–Trinajstić information content (AvgIpc) is 2.91. The molecule has 0 heterocycles. The summed E-state index contributed by atoms with van der Waals surface area (Å²) in [5, 5.41) is 14.8. The molecule has 0 saturated heterocycles. The van der Waals surface area contributed by atoms with Crippen molar-refractivity contribution in [2.75, 3.05) is 0 Å². The maximum atomic E-state index is 11.9. The first-order valence-electron chi connectivity index (χ1n) is 8.20. The summed E-state index contributed by atoms with van der Waals surface area (Å²) in [5.74, 6) is -0.449. The van der Waals surface area contributed by atoms with Crippen molar-refractivity contribution in [2.45, 2.75) is 77.8 Å². The predicted molar refractivity (Wildman–Crippen MR) is 83.2 cm³/mol. The minimum atomic E-state index is -0.751. The standard InChI is InChI=1S/C16H30N2O3/c1-11(15(19)20)7-6-8-12(2)17-16(21)18-13(3)14-9-4-5-10-14/h11-14H,4-10H2,1-3H3,(H,19,20)(H2,17,18,21). The molecule has 0 aromatic carbocycles. The van der Waals surface area contributed by atoms with Gasteiger partial charge in [0.2, 0.25) is 0 Å². The third-order valence-corrected chi connectivity index (χ3v) is 4.54. The normalized spacial score (nSPS) is 19.8. The Kier molecular flexibility index (Phi) is 7.54. The van der Waals surface area contributed by atoms with Crippen LogP contribution in [-0.2, 0) is 4.79 Å². The summed E-state index contributed by atoms with van der Waals surface area (Å²) in [4.78, 5) is 22.6. The summed E-state index contributed by atoms with van der Waals surface area (Å²) in [6, 6.07) is 0.196. The molecule has 0 aromatic heterocycles. The van der Waals surface area contributed by atoms with Crippen LogP contribution in [0.3, 0.4) is 0 Å². The van der Waals surface area contributed by atoms with Crippen LogP contribution in [0.2, 0.25) is 0 Å². The third-order valence-electron chi connectivity index (χ3n) is 4.54. The first-order chi connectivity index (χ1) is 9.90. The maximum absolute atomic E-state index is 11.9. The van der Waals surface area contributed by atoms with Crippen LogP contribution in [0.15, 0.2) is 0 Å². The van der Waals surface area contributed by atoms with E-state index in [4.69, 9.17) is 5.11 Å². The molecule has 2 amide bonds. The highest BCUT2D eigenvalue weighted by Crippen LogP contribution is 2.27. The zero-order valence-corrected chi connectivity index (χ0v) is 13.5. The molecule has 1 fully saturated rings. The number of hydrogen-bond donors (Lipinski definition) is 3. The molecule has 0 aromatic rings. The van der Waals surface area contributed by atoms with E-state index in [0.717, 1.165) is 12.8 Å². The van der Waals surface area contributed by atoms with E-state index < -0.39 is 5.97 Å². The highest BCUT2D eigenvalue weighted by molar-refractivity contribution is 5.74. The summed E-state index contributed by atoms with van der Waals surface area (Å²) in [6.45, 7) is 5.76. The van der Waals surface area contributed by atoms with Gasteiger partial charge < -0.3 is 15.7 Å². The van der Waals surface area contributed by atoms with Gasteiger partial charge in [0.05, 0.1) is 5.92 Å². The van der Waals surface area contributed by atoms with E-state index in [1.165, 1.54) is 25.7 Å². The second kappa shape index (κ2) is 8.90. The number of rotatable bonds is 8. The number of urea groups is 1. The van der Waals surface area contributed by atoms with Gasteiger partial charge in [0.1, 0.15) is 0 Å². The van der Waals surface area contributed by atoms with Crippen molar-refractivity contribution in [3.63, 3.8) is 0 Å². The van der Waals surface area contributed by atoms with E-state index in [-0.39, 0.29) is 24.0 Å². The zero-order valence-electron chi connectivity index (χ0n) is 13.5. The number of carboxylic acids is 1. The molecule has 1 aliphatic carbocycles. The second-order valence-corrected chi connectivity index (χ2v) is 6.52. The van der Waals surface area contributed by atoms with E-state index in [1.807, 2.05) is 6.92 Å². The van der Waals surface area contributed by atoms with E-state index >= 15 is 0 Å². The fraction of sp³-hybridized carbons (Fsp3) is 0.875. The fourth-order valence-corrected chi connectivity index (χ4v) is 2.97. The summed E-state index contributed by atoms with van der Waals surface area (Å²) < 4.78 is 0. The van der Waals surface area contributed by atoms with Gasteiger partial charge in [-0.1, -0.05) is 26.2 Å². The molecule has 1 rings (SSSR count). The van der Waals surface area contributed by atoms with Crippen molar-refractivity contribution in [1.82, 2.24) is 10.6 Å². The predicted octanol–water partition coefficient (Wildman–Crippen LogP) is 3.14. The quantitative estimate of drug-likeness (QED) is 0.644. The lowest BCUT2D eigenvalue weighted by Crippen LogP contribution is -2.46. The Morgan fingerprint density at radius 1 is 1.10 bits per heavy atom. The molecule has 0 bridgehead atoms. The number of carbonyl (C=O) groups excluding carboxylic acids is 1. The van der Waals surface area contributed by atoms with Gasteiger partial charge in [-0.15, -0.1) is 0 Å². The minimum Gasteiger partial charge on any atom is -0.481 e. The summed E-state index contributed by atoms with van der Waals surface area (Å²) in [6.07, 6.45) is 7.25. The molecular weight excluding hydrogens is 268 g/mol. The van der Waals surface area contributed by atoms with Crippen LogP contribution in [0, 0.1) is 11.8 Å². The minimum absolute atomic E-state index is 0.0711. The first kappa shape index (κ1) is 17.8. The molecule has 3 unspecified atom stereocenters. The van der Waals surface area contributed by atoms with Crippen molar-refractivity contribution in [2.24, 2.45) is 11.8 Å². The lowest BCUT2D eigenvalue weighted by atomic mass is 10.00. The third kappa shape index (κ3) is 6.82. The van der Waals surface area contributed by atoms with Crippen molar-refractivity contribution >= 4 is 12.0 Å². The number of nitrogens with one attached hydrogen (secondary N) is 2. The topological polar surface area (TPSA) is 78.4 Å². The Bertz CT molecular complexity index is 340. The van der Waals surface area contributed by atoms with Crippen LogP contribution < -0.4 is 10.6 Å². The van der Waals surface area contributed by atoms with Crippen LogP contribution in [-0.4, -0.2) is 29.2 Å². The van der Waals surface area contributed by atoms with E-state index in [0.29, 0.717) is 12.3 Å². The Balaban J connectivity index is 2.16. The molecule has 0 spiro atoms. The van der Waals surface area contributed by atoms with Crippen LogP contribution in [0.1, 0.15) is 65.7 Å². The summed E-state index contributed by atoms with van der Waals surface area (Å²) in [5.41, 5.74) is 0. The molecule has 3 atom stereocenters. The number of aliphatic carboxylic acids is 1. The highest BCUT2D eigenvalue weighted by atomic mass is 16.4. The molecule has 0 aliphatic heterocycles. The van der Waals surface area contributed by atoms with Gasteiger partial charge in [0, 0.05) is 12.1 Å². The van der Waals surface area contributed by atoms with Crippen molar-refractivity contribution < 1.29 is 14.7 Å². The number of carboxylic acid groups (broad SMARTS) is 1. The van der Waals surface area contributed by atoms with Crippen LogP contribution in [0.5, 0.6) is 0 Å². The van der Waals surface area contributed by atoms with E-state index in [2.05, 4.69) is 17.6 Å². The lowest BCUT2D eigenvalue weighted by molar-refractivity contribution is -0.141. The first-order valence-corrected chi connectivity index (χ1v) is 8.20. The molecule has 0 radical (unpaired) electrons. The van der Waals surface area contributed by atoms with Gasteiger partial charge in [-0.3, -0.25) is 4.79 Å². The van der Waals surface area contributed by atoms with Gasteiger partial charge >= 0.3 is 12.0 Å². The zero-order chi connectivity index (χ0) is 15.8. The smallest absolute Gasteiger partial charge is 0.315 e. The Hall–Kier alpha value is -1.26. The molecule has 1 aliphatic rings. The summed E-state index contributed by atoms with van der Waals surface area (Å²) in [7, 11) is 0. The van der Waals surface area contributed by atoms with Crippen molar-refractivity contribution in [1.29, 1.82) is 0 Å². The van der Waals surface area contributed by atoms with E-state index in [1.54, 1.807) is 6.92 Å². The van der Waals surface area contributed by atoms with Crippen molar-refractivity contribution in [3.8, 4) is 0 Å². The lowest BCUT2D eigenvalue weighted by Gasteiger charge is -2.22. The van der Waals surface area contributed by atoms with Gasteiger partial charge in [-0.2, -0.15) is 0 Å². The summed E-state index contributed by atoms with van der Waals surface area (Å²) >= 11 is 0. The maximum Gasteiger partial charge on any atom is 0.315 e. The number of hydrogen-bond acceptors (Lipinski definition) is 2. The Morgan fingerprint density at radius 3 is 2.29 bits per heavy atom. The molecule has 1 saturated carbocycles. The van der Waals surface area contributed by atoms with Crippen molar-refractivity contribution in [3.05, 3.63) is 0 Å². The SMILES string of the molecule is CC(CCCC(C)C(=O)O)NC(=O)NC(C)C1CCCC1. The van der Waals surface area contributed by atoms with Gasteiger partial charge in [0.25, 0.3) is 0 Å². The molecular formula is C16H30N2O3. The van der Waals surface area contributed by atoms with Crippen LogP contribution in [0.25, 0.3) is 0 Å². The highest BCUT2D eigenvalue weighted by Gasteiger charge is 2.23. The number of amides is 2. The number of carbonyl (C=O) groups is 2. The Labute approximate surface area is 127 Å². The van der Waals surface area contributed by atoms with Gasteiger partial charge in [-0.05, 0) is 45.4 Å². The monoisotopic (exact) mass is 298 g/mol. The molecule has 21 heavy (non-hydrogen) atoms. The largest absolute Gasteiger partial charge is 0.481 e. The average molecular weight is 298 g/mol. The van der Waals surface area contributed by atoms with Gasteiger partial charge in [0.15, 0.2) is 0 Å². The molecule has 122 valence electrons. The Morgan fingerprint density at radius 2 is 1.71 bits per heavy atom. The molecule has 5 nitrogen and oxygen atoms in total.